The first-order valence-corrected chi connectivity index (χ1v) is 5.15. The second-order valence-corrected chi connectivity index (χ2v) is 3.65. The van der Waals surface area contributed by atoms with E-state index >= 15 is 0 Å². The summed E-state index contributed by atoms with van der Waals surface area (Å²) in [5.41, 5.74) is 5.18. The van der Waals surface area contributed by atoms with Gasteiger partial charge in [0.05, 0.1) is 17.4 Å². The molecular weight excluding hydrogens is 259 g/mol. The molecule has 2 aromatic rings. The van der Waals surface area contributed by atoms with Gasteiger partial charge in [-0.1, -0.05) is 0 Å². The number of pyridine rings is 1. The fourth-order valence-corrected chi connectivity index (χ4v) is 1.36. The van der Waals surface area contributed by atoms with E-state index in [2.05, 4.69) is 10.3 Å². The molecule has 98 valence electrons. The Morgan fingerprint density at radius 2 is 1.84 bits per heavy atom. The molecule has 0 spiro atoms. The van der Waals surface area contributed by atoms with Crippen molar-refractivity contribution in [2.45, 2.75) is 0 Å². The average molecular weight is 267 g/mol. The van der Waals surface area contributed by atoms with Crippen molar-refractivity contribution < 1.29 is 18.0 Å². The number of halogens is 3. The van der Waals surface area contributed by atoms with Gasteiger partial charge >= 0.3 is 0 Å². The molecule has 4 nitrogen and oxygen atoms in total. The second kappa shape index (κ2) is 4.97. The SMILES string of the molecule is Nc1ccc(NC(=O)c2ccc(F)c(F)c2F)nc1. The standard InChI is InChI=1S/C12H8F3N3O/c13-8-3-2-7(10(14)11(8)15)12(19)18-9-4-1-6(16)5-17-9/h1-5H,16H2,(H,17,18,19). The van der Waals surface area contributed by atoms with Gasteiger partial charge in [0.1, 0.15) is 5.82 Å². The smallest absolute Gasteiger partial charge is 0.259 e. The molecule has 0 fully saturated rings. The van der Waals surface area contributed by atoms with Crippen molar-refractivity contribution in [3.8, 4) is 0 Å². The Labute approximate surface area is 106 Å². The lowest BCUT2D eigenvalue weighted by Crippen LogP contribution is -2.16. The summed E-state index contributed by atoms with van der Waals surface area (Å²) in [6, 6.07) is 4.39. The quantitative estimate of drug-likeness (QED) is 0.820. The maximum Gasteiger partial charge on any atom is 0.259 e. The number of rotatable bonds is 2. The van der Waals surface area contributed by atoms with Crippen LogP contribution in [-0.4, -0.2) is 10.9 Å². The van der Waals surface area contributed by atoms with Crippen LogP contribution in [0, 0.1) is 17.5 Å². The summed E-state index contributed by atoms with van der Waals surface area (Å²) in [5, 5.41) is 2.24. The normalized spacial score (nSPS) is 10.3. The molecule has 2 rings (SSSR count). The number of aromatic nitrogens is 1. The highest BCUT2D eigenvalue weighted by atomic mass is 19.2. The topological polar surface area (TPSA) is 68.0 Å². The molecule has 19 heavy (non-hydrogen) atoms. The van der Waals surface area contributed by atoms with Crippen LogP contribution in [0.25, 0.3) is 0 Å². The number of carbonyl (C=O) groups is 1. The fraction of sp³-hybridized carbons (Fsp3) is 0. The largest absolute Gasteiger partial charge is 0.397 e. The van der Waals surface area contributed by atoms with Crippen molar-refractivity contribution in [1.82, 2.24) is 4.98 Å². The minimum Gasteiger partial charge on any atom is -0.397 e. The second-order valence-electron chi connectivity index (χ2n) is 3.65. The van der Waals surface area contributed by atoms with E-state index in [1.165, 1.54) is 18.3 Å². The Balaban J connectivity index is 2.25. The van der Waals surface area contributed by atoms with Crippen LogP contribution in [0.5, 0.6) is 0 Å². The zero-order valence-corrected chi connectivity index (χ0v) is 9.45. The lowest BCUT2D eigenvalue weighted by molar-refractivity contribution is 0.102. The minimum absolute atomic E-state index is 0.114. The van der Waals surface area contributed by atoms with Gasteiger partial charge in [0.2, 0.25) is 0 Å². The summed E-state index contributed by atoms with van der Waals surface area (Å²) >= 11 is 0. The zero-order valence-electron chi connectivity index (χ0n) is 9.45. The molecule has 0 atom stereocenters. The Kier molecular flexibility index (Phi) is 3.37. The molecule has 1 amide bonds. The maximum atomic E-state index is 13.4. The van der Waals surface area contributed by atoms with E-state index in [1.54, 1.807) is 0 Å². The van der Waals surface area contributed by atoms with Crippen LogP contribution in [0.15, 0.2) is 30.5 Å². The van der Waals surface area contributed by atoms with Gasteiger partial charge in [-0.3, -0.25) is 4.79 Å². The van der Waals surface area contributed by atoms with Crippen molar-refractivity contribution in [3.63, 3.8) is 0 Å². The van der Waals surface area contributed by atoms with Gasteiger partial charge in [0.15, 0.2) is 17.5 Å². The molecule has 1 heterocycles. The number of benzene rings is 1. The van der Waals surface area contributed by atoms with Crippen LogP contribution < -0.4 is 11.1 Å². The van der Waals surface area contributed by atoms with Gasteiger partial charge < -0.3 is 11.1 Å². The summed E-state index contributed by atoms with van der Waals surface area (Å²) in [6.45, 7) is 0. The predicted molar refractivity (Wildman–Crippen MR) is 62.9 cm³/mol. The summed E-state index contributed by atoms with van der Waals surface area (Å²) < 4.78 is 39.1. The van der Waals surface area contributed by atoms with Gasteiger partial charge in [-0.15, -0.1) is 0 Å². The Morgan fingerprint density at radius 3 is 2.47 bits per heavy atom. The van der Waals surface area contributed by atoms with Crippen molar-refractivity contribution in [3.05, 3.63) is 53.5 Å². The molecule has 0 radical (unpaired) electrons. The molecular formula is C12H8F3N3O. The van der Waals surface area contributed by atoms with Crippen LogP contribution >= 0.6 is 0 Å². The number of hydrogen-bond donors (Lipinski definition) is 2. The first-order chi connectivity index (χ1) is 8.99. The molecule has 7 heteroatoms. The van der Waals surface area contributed by atoms with Gasteiger partial charge in [-0.25, -0.2) is 18.2 Å². The van der Waals surface area contributed by atoms with E-state index in [0.717, 1.165) is 6.07 Å². The number of nitrogen functional groups attached to an aromatic ring is 1. The van der Waals surface area contributed by atoms with E-state index in [0.29, 0.717) is 11.8 Å². The highest BCUT2D eigenvalue weighted by Crippen LogP contribution is 2.16. The average Bonchev–Trinajstić information content (AvgIpc) is 2.39. The minimum atomic E-state index is -1.70. The van der Waals surface area contributed by atoms with Gasteiger partial charge in [-0.2, -0.15) is 0 Å². The predicted octanol–water partition coefficient (Wildman–Crippen LogP) is 2.33. The molecule has 0 aliphatic carbocycles. The van der Waals surface area contributed by atoms with Crippen LogP contribution in [0.2, 0.25) is 0 Å². The van der Waals surface area contributed by atoms with Gasteiger partial charge in [0.25, 0.3) is 5.91 Å². The first-order valence-electron chi connectivity index (χ1n) is 5.15. The Morgan fingerprint density at radius 1 is 1.11 bits per heavy atom. The highest BCUT2D eigenvalue weighted by molar-refractivity contribution is 6.03. The molecule has 1 aromatic carbocycles. The summed E-state index contributed by atoms with van der Waals surface area (Å²) in [5.74, 6) is -5.43. The maximum absolute atomic E-state index is 13.4. The molecule has 0 aliphatic heterocycles. The van der Waals surface area contributed by atoms with E-state index in [1.807, 2.05) is 0 Å². The summed E-state index contributed by atoms with van der Waals surface area (Å²) in [6.07, 6.45) is 1.29. The van der Waals surface area contributed by atoms with Crippen molar-refractivity contribution in [2.75, 3.05) is 11.1 Å². The Hall–Kier alpha value is -2.57. The van der Waals surface area contributed by atoms with Crippen LogP contribution in [0.1, 0.15) is 10.4 Å². The monoisotopic (exact) mass is 267 g/mol. The summed E-state index contributed by atoms with van der Waals surface area (Å²) in [4.78, 5) is 15.4. The van der Waals surface area contributed by atoms with Gasteiger partial charge in [-0.05, 0) is 24.3 Å². The lowest BCUT2D eigenvalue weighted by Gasteiger charge is -2.06. The third kappa shape index (κ3) is 2.65. The third-order valence-corrected chi connectivity index (χ3v) is 2.31. The molecule has 0 unspecified atom stereocenters. The number of hydrogen-bond acceptors (Lipinski definition) is 3. The zero-order chi connectivity index (χ0) is 14.0. The van der Waals surface area contributed by atoms with E-state index in [4.69, 9.17) is 5.73 Å². The molecule has 0 saturated carbocycles. The fourth-order valence-electron chi connectivity index (χ4n) is 1.36. The van der Waals surface area contributed by atoms with Crippen LogP contribution in [-0.2, 0) is 0 Å². The van der Waals surface area contributed by atoms with Crippen molar-refractivity contribution in [1.29, 1.82) is 0 Å². The number of amides is 1. The highest BCUT2D eigenvalue weighted by Gasteiger charge is 2.18. The van der Waals surface area contributed by atoms with Crippen LogP contribution in [0.3, 0.4) is 0 Å². The molecule has 0 saturated heterocycles. The van der Waals surface area contributed by atoms with E-state index in [-0.39, 0.29) is 5.82 Å². The third-order valence-electron chi connectivity index (χ3n) is 2.31. The number of nitrogens with two attached hydrogens (primary N) is 1. The number of nitrogens with zero attached hydrogens (tertiary/aromatic N) is 1. The summed E-state index contributed by atoms with van der Waals surface area (Å²) in [7, 11) is 0. The molecule has 1 aromatic heterocycles. The Bertz CT molecular complexity index is 629. The molecule has 3 N–H and O–H groups in total. The number of carbonyl (C=O) groups excluding carboxylic acids is 1. The van der Waals surface area contributed by atoms with E-state index in [9.17, 15) is 18.0 Å². The lowest BCUT2D eigenvalue weighted by atomic mass is 10.2. The molecule has 0 aliphatic rings. The molecule has 0 bridgehead atoms. The van der Waals surface area contributed by atoms with E-state index < -0.39 is 28.9 Å². The number of anilines is 2. The van der Waals surface area contributed by atoms with Gasteiger partial charge in [0, 0.05) is 0 Å². The van der Waals surface area contributed by atoms with Crippen molar-refractivity contribution >= 4 is 17.4 Å². The van der Waals surface area contributed by atoms with Crippen molar-refractivity contribution in [2.24, 2.45) is 0 Å². The van der Waals surface area contributed by atoms with Crippen LogP contribution in [0.4, 0.5) is 24.7 Å². The number of nitrogens with one attached hydrogen (secondary N) is 1. The first kappa shape index (κ1) is 12.9.